The van der Waals surface area contributed by atoms with Gasteiger partial charge in [0.15, 0.2) is 0 Å². The third kappa shape index (κ3) is 4.17. The van der Waals surface area contributed by atoms with Crippen LogP contribution in [0.1, 0.15) is 41.0 Å². The number of carbonyl (C=O) groups excluding carboxylic acids is 1. The zero-order chi connectivity index (χ0) is 23.2. The number of nitrogens with zero attached hydrogens (tertiary/aromatic N) is 4. The number of ether oxygens (including phenoxy) is 1. The van der Waals surface area contributed by atoms with Crippen molar-refractivity contribution in [3.05, 3.63) is 59.9 Å². The largest absolute Gasteiger partial charge is 0.472 e. The van der Waals surface area contributed by atoms with E-state index in [-0.39, 0.29) is 35.5 Å². The van der Waals surface area contributed by atoms with Crippen LogP contribution < -0.4 is 4.74 Å². The average Bonchev–Trinajstić information content (AvgIpc) is 3.33. The Kier molecular flexibility index (Phi) is 5.30. The van der Waals surface area contributed by atoms with Crippen molar-refractivity contribution in [3.8, 4) is 17.3 Å². The summed E-state index contributed by atoms with van der Waals surface area (Å²) in [7, 11) is 0. The molecule has 6 rings (SSSR count). The van der Waals surface area contributed by atoms with E-state index < -0.39 is 11.7 Å². The first kappa shape index (κ1) is 21.4. The molecule has 0 radical (unpaired) electrons. The van der Waals surface area contributed by atoms with Gasteiger partial charge in [-0.25, -0.2) is 15.0 Å². The lowest BCUT2D eigenvalue weighted by Gasteiger charge is -2.49. The summed E-state index contributed by atoms with van der Waals surface area (Å²) in [5, 5.41) is 0. The number of piperidine rings is 2. The van der Waals surface area contributed by atoms with E-state index in [1.807, 2.05) is 0 Å². The molecule has 2 saturated heterocycles. The Bertz CT molecular complexity index is 1150. The van der Waals surface area contributed by atoms with Crippen LogP contribution in [0.5, 0.6) is 5.88 Å². The maximum atomic E-state index is 13.6. The van der Waals surface area contributed by atoms with Crippen molar-refractivity contribution in [2.45, 2.75) is 44.5 Å². The second kappa shape index (κ2) is 8.17. The van der Waals surface area contributed by atoms with Crippen molar-refractivity contribution in [2.24, 2.45) is 5.92 Å². The van der Waals surface area contributed by atoms with Crippen LogP contribution in [-0.2, 0) is 6.18 Å². The fourth-order valence-electron chi connectivity index (χ4n) is 4.65. The fraction of sp³-hybridized carbons (Fsp3) is 0.391. The molecule has 3 atom stereocenters. The van der Waals surface area contributed by atoms with E-state index in [1.165, 1.54) is 18.5 Å². The first-order valence-electron chi connectivity index (χ1n) is 10.7. The summed E-state index contributed by atoms with van der Waals surface area (Å²) in [5.74, 6) is 0.417. The van der Waals surface area contributed by atoms with Gasteiger partial charge in [0, 0.05) is 24.5 Å². The zero-order valence-corrected chi connectivity index (χ0v) is 17.7. The second-order valence-electron chi connectivity index (χ2n) is 8.43. The number of pyridine rings is 2. The molecule has 3 unspecified atom stereocenters. The highest BCUT2D eigenvalue weighted by Gasteiger charge is 2.45. The Morgan fingerprint density at radius 3 is 2.70 bits per heavy atom. The molecule has 33 heavy (non-hydrogen) atoms. The Morgan fingerprint density at radius 2 is 2.03 bits per heavy atom. The number of aryl methyl sites for hydroxylation is 1. The summed E-state index contributed by atoms with van der Waals surface area (Å²) in [6.45, 7) is 2.38. The lowest BCUT2D eigenvalue weighted by atomic mass is 9.77. The van der Waals surface area contributed by atoms with Crippen LogP contribution in [0.25, 0.3) is 11.5 Å². The van der Waals surface area contributed by atoms with Crippen LogP contribution in [-0.4, -0.2) is 44.4 Å². The van der Waals surface area contributed by atoms with Crippen molar-refractivity contribution in [1.29, 1.82) is 0 Å². The van der Waals surface area contributed by atoms with E-state index in [9.17, 15) is 18.0 Å². The Balaban J connectivity index is 1.39. The van der Waals surface area contributed by atoms with Gasteiger partial charge in [0.25, 0.3) is 5.91 Å². The lowest BCUT2D eigenvalue weighted by molar-refractivity contribution is -0.137. The third-order valence-electron chi connectivity index (χ3n) is 6.22. The number of fused-ring (bicyclic) bond motifs is 3. The van der Waals surface area contributed by atoms with Crippen LogP contribution in [0.3, 0.4) is 0 Å². The van der Waals surface area contributed by atoms with Crippen LogP contribution in [0.2, 0.25) is 0 Å². The molecule has 5 heterocycles. The van der Waals surface area contributed by atoms with Gasteiger partial charge < -0.3 is 14.1 Å². The maximum Gasteiger partial charge on any atom is 0.417 e. The average molecular weight is 458 g/mol. The monoisotopic (exact) mass is 458 g/mol. The SMILES string of the molecule is Cc1ccc(-c2ncco2)c(C(=O)N2CC3CCC2C(Oc2ccc(C(F)(F)F)cn2)C3)n1. The first-order chi connectivity index (χ1) is 15.8. The summed E-state index contributed by atoms with van der Waals surface area (Å²) in [6, 6.07) is 5.50. The standard InChI is InChI=1S/C23H21F3N4O3/c1-13-2-5-16(21-27-8-9-32-21)20(29-13)22(31)30-12-14-3-6-17(30)18(10-14)33-19-7-4-15(11-28-19)23(24,25)26/h2,4-5,7-9,11,14,17-18H,3,6,10,12H2,1H3. The molecule has 10 heteroatoms. The van der Waals surface area contributed by atoms with E-state index in [0.29, 0.717) is 30.1 Å². The number of aromatic nitrogens is 3. The van der Waals surface area contributed by atoms with E-state index >= 15 is 0 Å². The Labute approximate surface area is 187 Å². The van der Waals surface area contributed by atoms with Gasteiger partial charge in [-0.05, 0) is 50.3 Å². The smallest absolute Gasteiger partial charge is 0.417 e. The molecular weight excluding hydrogens is 437 g/mol. The number of hydrogen-bond donors (Lipinski definition) is 0. The molecule has 2 bridgehead atoms. The molecule has 3 fully saturated rings. The number of alkyl halides is 3. The number of amides is 1. The van der Waals surface area contributed by atoms with E-state index in [0.717, 1.165) is 25.1 Å². The van der Waals surface area contributed by atoms with Crippen molar-refractivity contribution in [1.82, 2.24) is 19.9 Å². The summed E-state index contributed by atoms with van der Waals surface area (Å²) in [6.07, 6.45) is 1.30. The van der Waals surface area contributed by atoms with Crippen molar-refractivity contribution >= 4 is 5.91 Å². The Morgan fingerprint density at radius 1 is 1.18 bits per heavy atom. The zero-order valence-electron chi connectivity index (χ0n) is 17.7. The minimum absolute atomic E-state index is 0.113. The number of hydrogen-bond acceptors (Lipinski definition) is 6. The van der Waals surface area contributed by atoms with Crippen LogP contribution >= 0.6 is 0 Å². The van der Waals surface area contributed by atoms with E-state index in [4.69, 9.17) is 9.15 Å². The van der Waals surface area contributed by atoms with Gasteiger partial charge >= 0.3 is 6.18 Å². The van der Waals surface area contributed by atoms with Crippen LogP contribution in [0.15, 0.2) is 47.3 Å². The number of halogens is 3. The van der Waals surface area contributed by atoms with Gasteiger partial charge in [0.05, 0.1) is 23.4 Å². The molecule has 1 aliphatic carbocycles. The molecule has 172 valence electrons. The third-order valence-corrected chi connectivity index (χ3v) is 6.22. The molecule has 7 nitrogen and oxygen atoms in total. The predicted octanol–water partition coefficient (Wildman–Crippen LogP) is 4.53. The quantitative estimate of drug-likeness (QED) is 0.572. The van der Waals surface area contributed by atoms with Gasteiger partial charge in [0.2, 0.25) is 11.8 Å². The predicted molar refractivity (Wildman–Crippen MR) is 110 cm³/mol. The molecular formula is C23H21F3N4O3. The molecule has 1 saturated carbocycles. The fourth-order valence-corrected chi connectivity index (χ4v) is 4.65. The normalized spacial score (nSPS) is 22.4. The van der Waals surface area contributed by atoms with Crippen LogP contribution in [0, 0.1) is 12.8 Å². The summed E-state index contributed by atoms with van der Waals surface area (Å²) < 4.78 is 49.8. The summed E-state index contributed by atoms with van der Waals surface area (Å²) in [5.41, 5.74) is 0.634. The van der Waals surface area contributed by atoms with Gasteiger partial charge in [-0.2, -0.15) is 13.2 Å². The highest BCUT2D eigenvalue weighted by atomic mass is 19.4. The molecule has 0 N–H and O–H groups in total. The van der Waals surface area contributed by atoms with Crippen molar-refractivity contribution < 1.29 is 27.1 Å². The van der Waals surface area contributed by atoms with Gasteiger partial charge in [-0.3, -0.25) is 4.79 Å². The maximum absolute atomic E-state index is 13.6. The topological polar surface area (TPSA) is 81.4 Å². The summed E-state index contributed by atoms with van der Waals surface area (Å²) in [4.78, 5) is 27.8. The molecule has 0 spiro atoms. The summed E-state index contributed by atoms with van der Waals surface area (Å²) >= 11 is 0. The number of rotatable bonds is 4. The molecule has 1 amide bonds. The van der Waals surface area contributed by atoms with Gasteiger partial charge in [-0.1, -0.05) is 0 Å². The molecule has 3 aromatic heterocycles. The number of carbonyl (C=O) groups is 1. The second-order valence-corrected chi connectivity index (χ2v) is 8.43. The highest BCUT2D eigenvalue weighted by Crippen LogP contribution is 2.39. The van der Waals surface area contributed by atoms with E-state index in [2.05, 4.69) is 15.0 Å². The molecule has 3 aromatic rings. The van der Waals surface area contributed by atoms with Crippen LogP contribution in [0.4, 0.5) is 13.2 Å². The van der Waals surface area contributed by atoms with E-state index in [1.54, 1.807) is 24.0 Å². The van der Waals surface area contributed by atoms with Crippen molar-refractivity contribution in [3.63, 3.8) is 0 Å². The minimum atomic E-state index is -4.46. The number of oxazole rings is 1. The van der Waals surface area contributed by atoms with Crippen molar-refractivity contribution in [2.75, 3.05) is 6.54 Å². The molecule has 0 aromatic carbocycles. The minimum Gasteiger partial charge on any atom is -0.472 e. The Hall–Kier alpha value is -3.43. The molecule has 2 aliphatic heterocycles. The lowest BCUT2D eigenvalue weighted by Crippen LogP contribution is -2.59. The molecule has 3 aliphatic rings. The van der Waals surface area contributed by atoms with Gasteiger partial charge in [-0.15, -0.1) is 0 Å². The van der Waals surface area contributed by atoms with Gasteiger partial charge in [0.1, 0.15) is 18.1 Å². The first-order valence-corrected chi connectivity index (χ1v) is 10.7. The highest BCUT2D eigenvalue weighted by molar-refractivity contribution is 5.98.